The van der Waals surface area contributed by atoms with Crippen LogP contribution in [0.25, 0.3) is 0 Å². The zero-order valence-electron chi connectivity index (χ0n) is 11.2. The van der Waals surface area contributed by atoms with Gasteiger partial charge in [-0.1, -0.05) is 0 Å². The van der Waals surface area contributed by atoms with Gasteiger partial charge in [0, 0.05) is 25.0 Å². The molecule has 0 spiro atoms. The van der Waals surface area contributed by atoms with Gasteiger partial charge < -0.3 is 20.1 Å². The predicted octanol–water partition coefficient (Wildman–Crippen LogP) is -0.233. The lowest BCUT2D eigenvalue weighted by Gasteiger charge is -2.33. The Morgan fingerprint density at radius 1 is 1.60 bits per heavy atom. The standard InChI is InChI=1S/C12H18N4O4/c1-9(7-15-4-2-3-13-15)14-12(19)16-5-6-20-8-10(16)11(17)18/h2-4,9-10H,5-8H2,1H3,(H,14,19)(H,17,18). The summed E-state index contributed by atoms with van der Waals surface area (Å²) in [5.41, 5.74) is 0. The predicted molar refractivity (Wildman–Crippen MR) is 69.2 cm³/mol. The molecule has 0 aromatic carbocycles. The molecule has 2 N–H and O–H groups in total. The second-order valence-corrected chi connectivity index (χ2v) is 4.70. The van der Waals surface area contributed by atoms with Gasteiger partial charge in [-0.15, -0.1) is 0 Å². The minimum atomic E-state index is -1.06. The van der Waals surface area contributed by atoms with Crippen LogP contribution < -0.4 is 5.32 Å². The lowest BCUT2D eigenvalue weighted by Crippen LogP contribution is -2.57. The van der Waals surface area contributed by atoms with Crippen LogP contribution >= 0.6 is 0 Å². The van der Waals surface area contributed by atoms with E-state index < -0.39 is 12.0 Å². The van der Waals surface area contributed by atoms with Crippen molar-refractivity contribution in [2.45, 2.75) is 25.6 Å². The molecule has 2 heterocycles. The summed E-state index contributed by atoms with van der Waals surface area (Å²) in [4.78, 5) is 24.5. The molecular weight excluding hydrogens is 264 g/mol. The largest absolute Gasteiger partial charge is 0.480 e. The molecule has 0 bridgehead atoms. The summed E-state index contributed by atoms with van der Waals surface area (Å²) in [6.07, 6.45) is 3.47. The Balaban J connectivity index is 1.90. The molecule has 0 saturated carbocycles. The first kappa shape index (κ1) is 14.3. The number of hydrogen-bond acceptors (Lipinski definition) is 4. The maximum Gasteiger partial charge on any atom is 0.328 e. The molecule has 2 atom stereocenters. The SMILES string of the molecule is CC(Cn1cccn1)NC(=O)N1CCOCC1C(=O)O. The van der Waals surface area contributed by atoms with Crippen LogP contribution in [0.5, 0.6) is 0 Å². The van der Waals surface area contributed by atoms with Crippen LogP contribution in [0.15, 0.2) is 18.5 Å². The highest BCUT2D eigenvalue weighted by Gasteiger charge is 2.33. The molecule has 0 radical (unpaired) electrons. The number of hydrogen-bond donors (Lipinski definition) is 2. The van der Waals surface area contributed by atoms with Gasteiger partial charge >= 0.3 is 12.0 Å². The fourth-order valence-corrected chi connectivity index (χ4v) is 2.08. The highest BCUT2D eigenvalue weighted by molar-refractivity contribution is 5.83. The number of carboxylic acid groups (broad SMARTS) is 1. The van der Waals surface area contributed by atoms with Crippen molar-refractivity contribution in [2.75, 3.05) is 19.8 Å². The van der Waals surface area contributed by atoms with Gasteiger partial charge in [-0.2, -0.15) is 5.10 Å². The molecule has 1 fully saturated rings. The molecule has 8 heteroatoms. The van der Waals surface area contributed by atoms with Gasteiger partial charge in [0.15, 0.2) is 6.04 Å². The normalized spacial score (nSPS) is 20.4. The lowest BCUT2D eigenvalue weighted by molar-refractivity contribution is -0.147. The minimum absolute atomic E-state index is 0.0241. The van der Waals surface area contributed by atoms with Crippen molar-refractivity contribution in [1.82, 2.24) is 20.0 Å². The Hall–Kier alpha value is -2.09. The Morgan fingerprint density at radius 3 is 3.05 bits per heavy atom. The quantitative estimate of drug-likeness (QED) is 0.795. The van der Waals surface area contributed by atoms with E-state index in [4.69, 9.17) is 9.84 Å². The third-order valence-electron chi connectivity index (χ3n) is 3.06. The van der Waals surface area contributed by atoms with Crippen molar-refractivity contribution >= 4 is 12.0 Å². The van der Waals surface area contributed by atoms with Crippen LogP contribution in [-0.2, 0) is 16.1 Å². The molecule has 1 aliphatic rings. The third kappa shape index (κ3) is 3.47. The number of morpholine rings is 1. The van der Waals surface area contributed by atoms with Crippen molar-refractivity contribution < 1.29 is 19.4 Å². The first-order valence-corrected chi connectivity index (χ1v) is 6.43. The van der Waals surface area contributed by atoms with Gasteiger partial charge in [0.25, 0.3) is 0 Å². The molecule has 1 aromatic heterocycles. The summed E-state index contributed by atoms with van der Waals surface area (Å²) in [5, 5.41) is 15.9. The first-order valence-electron chi connectivity index (χ1n) is 6.43. The highest BCUT2D eigenvalue weighted by atomic mass is 16.5. The van der Waals surface area contributed by atoms with E-state index >= 15 is 0 Å². The summed E-state index contributed by atoms with van der Waals surface area (Å²) in [6, 6.07) is 0.331. The number of nitrogens with one attached hydrogen (secondary N) is 1. The molecule has 2 amide bonds. The van der Waals surface area contributed by atoms with Crippen molar-refractivity contribution in [3.8, 4) is 0 Å². The van der Waals surface area contributed by atoms with Gasteiger partial charge in [-0.05, 0) is 13.0 Å². The third-order valence-corrected chi connectivity index (χ3v) is 3.06. The van der Waals surface area contributed by atoms with Crippen molar-refractivity contribution in [3.63, 3.8) is 0 Å². The fourth-order valence-electron chi connectivity index (χ4n) is 2.08. The number of rotatable bonds is 4. The molecule has 1 aliphatic heterocycles. The molecule has 8 nitrogen and oxygen atoms in total. The van der Waals surface area contributed by atoms with Gasteiger partial charge in [0.1, 0.15) is 0 Å². The van der Waals surface area contributed by atoms with E-state index in [1.165, 1.54) is 4.90 Å². The van der Waals surface area contributed by atoms with Crippen LogP contribution in [0, 0.1) is 0 Å². The number of urea groups is 1. The van der Waals surface area contributed by atoms with E-state index in [0.29, 0.717) is 13.2 Å². The summed E-state index contributed by atoms with van der Waals surface area (Å²) >= 11 is 0. The number of nitrogens with zero attached hydrogens (tertiary/aromatic N) is 3. The smallest absolute Gasteiger partial charge is 0.328 e. The topological polar surface area (TPSA) is 96.7 Å². The molecule has 110 valence electrons. The lowest BCUT2D eigenvalue weighted by atomic mass is 10.2. The molecule has 0 aliphatic carbocycles. The average Bonchev–Trinajstić information content (AvgIpc) is 2.91. The number of carbonyl (C=O) groups excluding carboxylic acids is 1. The highest BCUT2D eigenvalue weighted by Crippen LogP contribution is 2.08. The van der Waals surface area contributed by atoms with Gasteiger partial charge in [-0.3, -0.25) is 4.68 Å². The maximum absolute atomic E-state index is 12.1. The van der Waals surface area contributed by atoms with E-state index in [2.05, 4.69) is 10.4 Å². The molecule has 20 heavy (non-hydrogen) atoms. The maximum atomic E-state index is 12.1. The second-order valence-electron chi connectivity index (χ2n) is 4.70. The Morgan fingerprint density at radius 2 is 2.40 bits per heavy atom. The van der Waals surface area contributed by atoms with Crippen LogP contribution in [-0.4, -0.2) is 63.6 Å². The molecule has 1 saturated heterocycles. The van der Waals surface area contributed by atoms with Crippen LogP contribution in [0.4, 0.5) is 4.79 Å². The zero-order valence-corrected chi connectivity index (χ0v) is 11.2. The number of carbonyl (C=O) groups is 2. The van der Waals surface area contributed by atoms with Crippen LogP contribution in [0.2, 0.25) is 0 Å². The number of carboxylic acids is 1. The molecule has 1 aromatic rings. The monoisotopic (exact) mass is 282 g/mol. The number of aliphatic carboxylic acids is 1. The van der Waals surface area contributed by atoms with Crippen molar-refractivity contribution in [3.05, 3.63) is 18.5 Å². The zero-order chi connectivity index (χ0) is 14.5. The first-order chi connectivity index (χ1) is 9.58. The summed E-state index contributed by atoms with van der Waals surface area (Å²) in [5.74, 6) is -1.06. The number of ether oxygens (including phenoxy) is 1. The van der Waals surface area contributed by atoms with Gasteiger partial charge in [-0.25, -0.2) is 9.59 Å². The van der Waals surface area contributed by atoms with Crippen LogP contribution in [0.1, 0.15) is 6.92 Å². The summed E-state index contributed by atoms with van der Waals surface area (Å²) in [6.45, 7) is 3.02. The van der Waals surface area contributed by atoms with Crippen LogP contribution in [0.3, 0.4) is 0 Å². The van der Waals surface area contributed by atoms with E-state index in [9.17, 15) is 9.59 Å². The summed E-state index contributed by atoms with van der Waals surface area (Å²) < 4.78 is 6.80. The Bertz CT molecular complexity index is 462. The van der Waals surface area contributed by atoms with Gasteiger partial charge in [0.05, 0.1) is 19.8 Å². The van der Waals surface area contributed by atoms with E-state index in [1.807, 2.05) is 6.92 Å². The second kappa shape index (κ2) is 6.38. The number of amides is 2. The molecular formula is C12H18N4O4. The Kier molecular flexibility index (Phi) is 4.57. The van der Waals surface area contributed by atoms with E-state index in [-0.39, 0.29) is 25.2 Å². The molecule has 2 unspecified atom stereocenters. The van der Waals surface area contributed by atoms with Gasteiger partial charge in [0.2, 0.25) is 0 Å². The average molecular weight is 282 g/mol. The van der Waals surface area contributed by atoms with Crippen molar-refractivity contribution in [1.29, 1.82) is 0 Å². The minimum Gasteiger partial charge on any atom is -0.480 e. The number of aromatic nitrogens is 2. The fraction of sp³-hybridized carbons (Fsp3) is 0.583. The van der Waals surface area contributed by atoms with E-state index in [0.717, 1.165) is 0 Å². The summed E-state index contributed by atoms with van der Waals surface area (Å²) in [7, 11) is 0. The Labute approximate surface area is 116 Å². The van der Waals surface area contributed by atoms with Crippen molar-refractivity contribution in [2.24, 2.45) is 0 Å². The van der Waals surface area contributed by atoms with E-state index in [1.54, 1.807) is 23.1 Å². The molecule has 2 rings (SSSR count).